The lowest BCUT2D eigenvalue weighted by Gasteiger charge is -1.98. The summed E-state index contributed by atoms with van der Waals surface area (Å²) in [5.41, 5.74) is 3.12. The van der Waals surface area contributed by atoms with E-state index in [1.165, 1.54) is 0 Å². The van der Waals surface area contributed by atoms with Crippen LogP contribution >= 0.6 is 11.3 Å². The van der Waals surface area contributed by atoms with E-state index >= 15 is 0 Å². The molecule has 0 saturated carbocycles. The average molecular weight is 284 g/mol. The van der Waals surface area contributed by atoms with Gasteiger partial charge in [0.25, 0.3) is 0 Å². The Morgan fingerprint density at radius 2 is 2.10 bits per heavy atom. The molecule has 1 aromatic carbocycles. The van der Waals surface area contributed by atoms with Gasteiger partial charge in [0.05, 0.1) is 22.6 Å². The molecule has 0 fully saturated rings. The van der Waals surface area contributed by atoms with Crippen LogP contribution in [0, 0.1) is 0 Å². The average Bonchev–Trinajstić information content (AvgIpc) is 3.15. The van der Waals surface area contributed by atoms with Crippen LogP contribution in [0.2, 0.25) is 0 Å². The number of likely N-dealkylation sites (N-methyl/N-ethyl adjacent to an activating group) is 1. The van der Waals surface area contributed by atoms with Crippen LogP contribution in [0.1, 0.15) is 5.01 Å². The molecule has 102 valence electrons. The lowest BCUT2D eigenvalue weighted by molar-refractivity contribution is 0.788. The van der Waals surface area contributed by atoms with Gasteiger partial charge in [0, 0.05) is 30.1 Å². The molecule has 5 heteroatoms. The minimum atomic E-state index is 0.955. The second kappa shape index (κ2) is 5.98. The third-order valence-electron chi connectivity index (χ3n) is 3.04. The largest absolute Gasteiger partial charge is 0.319 e. The number of hydrogen-bond acceptors (Lipinski definition) is 4. The molecule has 1 N–H and O–H groups in total. The monoisotopic (exact) mass is 284 g/mol. The summed E-state index contributed by atoms with van der Waals surface area (Å²) in [5, 5.41) is 10.8. The fourth-order valence-electron chi connectivity index (χ4n) is 1.97. The van der Waals surface area contributed by atoms with Crippen LogP contribution < -0.4 is 5.32 Å². The van der Waals surface area contributed by atoms with Crippen molar-refractivity contribution in [2.24, 2.45) is 0 Å². The normalized spacial score (nSPS) is 10.8. The fourth-order valence-corrected chi connectivity index (χ4v) is 2.77. The first kappa shape index (κ1) is 13.0. The molecule has 0 radical (unpaired) electrons. The van der Waals surface area contributed by atoms with Crippen molar-refractivity contribution in [1.82, 2.24) is 20.1 Å². The number of thiazole rings is 1. The number of nitrogens with one attached hydrogen (secondary N) is 1. The molecule has 20 heavy (non-hydrogen) atoms. The van der Waals surface area contributed by atoms with Crippen molar-refractivity contribution >= 4 is 11.3 Å². The molecule has 2 heterocycles. The molecule has 0 aliphatic carbocycles. The summed E-state index contributed by atoms with van der Waals surface area (Å²) in [4.78, 5) is 4.65. The SMILES string of the molecule is CNCCc1nc(-c2cnn(-c3ccccc3)c2)cs1. The van der Waals surface area contributed by atoms with Gasteiger partial charge >= 0.3 is 0 Å². The Morgan fingerprint density at radius 3 is 2.90 bits per heavy atom. The van der Waals surface area contributed by atoms with Crippen LogP contribution in [0.5, 0.6) is 0 Å². The Morgan fingerprint density at radius 1 is 1.25 bits per heavy atom. The zero-order valence-corrected chi connectivity index (χ0v) is 12.1. The molecular weight excluding hydrogens is 268 g/mol. The molecule has 0 unspecified atom stereocenters. The van der Waals surface area contributed by atoms with Crippen LogP contribution in [-0.4, -0.2) is 28.4 Å². The van der Waals surface area contributed by atoms with Gasteiger partial charge in [0.2, 0.25) is 0 Å². The zero-order valence-electron chi connectivity index (χ0n) is 11.3. The molecule has 4 nitrogen and oxygen atoms in total. The smallest absolute Gasteiger partial charge is 0.0945 e. The van der Waals surface area contributed by atoms with Gasteiger partial charge < -0.3 is 5.32 Å². The second-order valence-electron chi connectivity index (χ2n) is 4.49. The number of benzene rings is 1. The topological polar surface area (TPSA) is 42.7 Å². The van der Waals surface area contributed by atoms with Crippen LogP contribution in [0.15, 0.2) is 48.1 Å². The third kappa shape index (κ3) is 2.79. The van der Waals surface area contributed by atoms with Gasteiger partial charge in [-0.05, 0) is 19.2 Å². The van der Waals surface area contributed by atoms with Crippen molar-refractivity contribution in [2.75, 3.05) is 13.6 Å². The third-order valence-corrected chi connectivity index (χ3v) is 3.95. The van der Waals surface area contributed by atoms with Crippen molar-refractivity contribution < 1.29 is 0 Å². The first-order valence-corrected chi connectivity index (χ1v) is 7.44. The Hall–Kier alpha value is -1.98. The standard InChI is InChI=1S/C15H16N4S/c1-16-8-7-15-18-14(11-20-15)12-9-17-19(10-12)13-5-3-2-4-6-13/h2-6,9-11,16H,7-8H2,1H3. The van der Waals surface area contributed by atoms with E-state index < -0.39 is 0 Å². The predicted molar refractivity (Wildman–Crippen MR) is 82.3 cm³/mol. The molecule has 3 rings (SSSR count). The van der Waals surface area contributed by atoms with E-state index in [2.05, 4.69) is 20.8 Å². The van der Waals surface area contributed by atoms with Gasteiger partial charge in [-0.15, -0.1) is 11.3 Å². The molecule has 0 atom stereocenters. The quantitative estimate of drug-likeness (QED) is 0.783. The van der Waals surface area contributed by atoms with Gasteiger partial charge in [0.15, 0.2) is 0 Å². The van der Waals surface area contributed by atoms with Crippen LogP contribution in [0.25, 0.3) is 16.9 Å². The van der Waals surface area contributed by atoms with Gasteiger partial charge in [-0.3, -0.25) is 0 Å². The number of hydrogen-bond donors (Lipinski definition) is 1. The highest BCUT2D eigenvalue weighted by molar-refractivity contribution is 7.09. The molecular formula is C15H16N4S. The Labute approximate surface area is 122 Å². The molecule has 0 saturated heterocycles. The van der Waals surface area contributed by atoms with E-state index in [0.29, 0.717) is 0 Å². The number of nitrogens with zero attached hydrogens (tertiary/aromatic N) is 3. The highest BCUT2D eigenvalue weighted by atomic mass is 32.1. The Kier molecular flexibility index (Phi) is 3.90. The molecule has 0 bridgehead atoms. The highest BCUT2D eigenvalue weighted by Crippen LogP contribution is 2.22. The summed E-state index contributed by atoms with van der Waals surface area (Å²) in [5.74, 6) is 0. The highest BCUT2D eigenvalue weighted by Gasteiger charge is 2.07. The van der Waals surface area contributed by atoms with Gasteiger partial charge in [0.1, 0.15) is 0 Å². The van der Waals surface area contributed by atoms with Crippen LogP contribution in [0.3, 0.4) is 0 Å². The van der Waals surface area contributed by atoms with Gasteiger partial charge in [-0.1, -0.05) is 18.2 Å². The Balaban J connectivity index is 1.81. The summed E-state index contributed by atoms with van der Waals surface area (Å²) >= 11 is 1.70. The van der Waals surface area contributed by atoms with Crippen LogP contribution in [0.4, 0.5) is 0 Å². The van der Waals surface area contributed by atoms with E-state index in [0.717, 1.165) is 34.9 Å². The van der Waals surface area contributed by atoms with E-state index in [9.17, 15) is 0 Å². The molecule has 2 aromatic heterocycles. The lowest BCUT2D eigenvalue weighted by Crippen LogP contribution is -2.09. The van der Waals surface area contributed by atoms with Crippen molar-refractivity contribution in [2.45, 2.75) is 6.42 Å². The Bertz CT molecular complexity index is 672. The molecule has 0 aliphatic rings. The van der Waals surface area contributed by atoms with Crippen molar-refractivity contribution in [3.05, 3.63) is 53.1 Å². The molecule has 0 aliphatic heterocycles. The number of aromatic nitrogens is 3. The molecule has 0 amide bonds. The summed E-state index contributed by atoms with van der Waals surface area (Å²) < 4.78 is 1.88. The second-order valence-corrected chi connectivity index (χ2v) is 5.43. The van der Waals surface area contributed by atoms with Gasteiger partial charge in [-0.2, -0.15) is 5.10 Å². The lowest BCUT2D eigenvalue weighted by atomic mass is 10.3. The summed E-state index contributed by atoms with van der Waals surface area (Å²) in [6, 6.07) is 10.1. The number of para-hydroxylation sites is 1. The van der Waals surface area contributed by atoms with Crippen molar-refractivity contribution in [3.8, 4) is 16.9 Å². The zero-order chi connectivity index (χ0) is 13.8. The summed E-state index contributed by atoms with van der Waals surface area (Å²) in [6.07, 6.45) is 4.85. The molecule has 3 aromatic rings. The van der Waals surface area contributed by atoms with Crippen molar-refractivity contribution in [3.63, 3.8) is 0 Å². The van der Waals surface area contributed by atoms with Crippen molar-refractivity contribution in [1.29, 1.82) is 0 Å². The van der Waals surface area contributed by atoms with E-state index in [1.54, 1.807) is 11.3 Å². The number of rotatable bonds is 5. The minimum Gasteiger partial charge on any atom is -0.319 e. The fraction of sp³-hybridized carbons (Fsp3) is 0.200. The predicted octanol–water partition coefficient (Wildman–Crippen LogP) is 2.76. The van der Waals surface area contributed by atoms with E-state index in [4.69, 9.17) is 0 Å². The maximum absolute atomic E-state index is 4.65. The maximum atomic E-state index is 4.65. The van der Waals surface area contributed by atoms with E-state index in [1.807, 2.05) is 54.5 Å². The van der Waals surface area contributed by atoms with Gasteiger partial charge in [-0.25, -0.2) is 9.67 Å². The molecule has 0 spiro atoms. The van der Waals surface area contributed by atoms with E-state index in [-0.39, 0.29) is 0 Å². The maximum Gasteiger partial charge on any atom is 0.0945 e. The van der Waals surface area contributed by atoms with Crippen LogP contribution in [-0.2, 0) is 6.42 Å². The first-order valence-electron chi connectivity index (χ1n) is 6.56. The first-order chi connectivity index (χ1) is 9.86. The summed E-state index contributed by atoms with van der Waals surface area (Å²) in [7, 11) is 1.96. The minimum absolute atomic E-state index is 0.955. The summed E-state index contributed by atoms with van der Waals surface area (Å²) in [6.45, 7) is 0.955.